The maximum Gasteiger partial charge on any atom is 0.226 e. The summed E-state index contributed by atoms with van der Waals surface area (Å²) in [6.45, 7) is 4.74. The van der Waals surface area contributed by atoms with Gasteiger partial charge in [-0.3, -0.25) is 9.20 Å². The van der Waals surface area contributed by atoms with Gasteiger partial charge in [0.25, 0.3) is 0 Å². The van der Waals surface area contributed by atoms with Gasteiger partial charge in [-0.15, -0.1) is 11.3 Å². The Bertz CT molecular complexity index is 884. The van der Waals surface area contributed by atoms with Crippen LogP contribution in [0.4, 0.5) is 0 Å². The van der Waals surface area contributed by atoms with Crippen LogP contribution in [0.1, 0.15) is 34.8 Å². The molecule has 1 aromatic carbocycles. The number of fused-ring (bicyclic) bond motifs is 2. The molecule has 0 saturated heterocycles. The van der Waals surface area contributed by atoms with Gasteiger partial charge in [0.05, 0.1) is 24.8 Å². The molecule has 0 unspecified atom stereocenters. The monoisotopic (exact) mass is 341 g/mol. The summed E-state index contributed by atoms with van der Waals surface area (Å²) >= 11 is 1.57. The highest BCUT2D eigenvalue weighted by Gasteiger charge is 2.25. The van der Waals surface area contributed by atoms with Gasteiger partial charge in [0.2, 0.25) is 5.91 Å². The topological polar surface area (TPSA) is 55.6 Å². The number of hydrogen-bond donors (Lipinski definition) is 1. The number of amides is 1. The Hall–Kier alpha value is -2.34. The Morgan fingerprint density at radius 3 is 3.17 bits per heavy atom. The zero-order valence-corrected chi connectivity index (χ0v) is 14.5. The minimum atomic E-state index is -0.00207. The molecule has 1 atom stereocenters. The zero-order valence-electron chi connectivity index (χ0n) is 13.7. The smallest absolute Gasteiger partial charge is 0.226 e. The molecule has 0 radical (unpaired) electrons. The number of aryl methyl sites for hydroxylation is 2. The largest absolute Gasteiger partial charge is 0.493 e. The summed E-state index contributed by atoms with van der Waals surface area (Å²) in [6, 6.07) is 4.23. The minimum absolute atomic E-state index is 0.00207. The normalized spacial score (nSPS) is 16.7. The van der Waals surface area contributed by atoms with Crippen LogP contribution in [0.5, 0.6) is 5.75 Å². The third-order valence-electron chi connectivity index (χ3n) is 4.30. The maximum absolute atomic E-state index is 12.5. The highest BCUT2D eigenvalue weighted by atomic mass is 32.1. The van der Waals surface area contributed by atoms with Gasteiger partial charge >= 0.3 is 0 Å². The Morgan fingerprint density at radius 2 is 2.33 bits per heavy atom. The molecule has 3 aromatic rings. The molecule has 2 aromatic heterocycles. The van der Waals surface area contributed by atoms with Crippen LogP contribution in [0.3, 0.4) is 0 Å². The van der Waals surface area contributed by atoms with Crippen LogP contribution in [0.25, 0.3) is 4.96 Å². The summed E-state index contributed by atoms with van der Waals surface area (Å²) in [6.07, 6.45) is 4.96. The summed E-state index contributed by atoms with van der Waals surface area (Å²) < 4.78 is 7.75. The first-order valence-corrected chi connectivity index (χ1v) is 8.92. The highest BCUT2D eigenvalue weighted by molar-refractivity contribution is 7.15. The second kappa shape index (κ2) is 5.94. The van der Waals surface area contributed by atoms with Crippen molar-refractivity contribution in [3.63, 3.8) is 0 Å². The molecule has 1 aliphatic rings. The van der Waals surface area contributed by atoms with E-state index in [1.807, 2.05) is 29.1 Å². The van der Waals surface area contributed by atoms with Gasteiger partial charge in [0.15, 0.2) is 4.96 Å². The van der Waals surface area contributed by atoms with Crippen molar-refractivity contribution in [2.75, 3.05) is 6.61 Å². The molecule has 6 heteroatoms. The van der Waals surface area contributed by atoms with Crippen molar-refractivity contribution in [2.24, 2.45) is 0 Å². The van der Waals surface area contributed by atoms with E-state index < -0.39 is 0 Å². The fourth-order valence-corrected chi connectivity index (χ4v) is 4.02. The van der Waals surface area contributed by atoms with Crippen molar-refractivity contribution in [1.82, 2.24) is 14.7 Å². The molecular weight excluding hydrogens is 322 g/mol. The fourth-order valence-electron chi connectivity index (χ4n) is 3.30. The molecule has 0 bridgehead atoms. The SMILES string of the molecule is Cc1cc(C)c2c(c1)[C@H](NC(=O)Cc1cn3ccsc3n1)CCO2. The van der Waals surface area contributed by atoms with Crippen molar-refractivity contribution in [2.45, 2.75) is 32.7 Å². The molecule has 0 spiro atoms. The third-order valence-corrected chi connectivity index (χ3v) is 5.07. The molecule has 0 saturated carbocycles. The predicted molar refractivity (Wildman–Crippen MR) is 93.7 cm³/mol. The highest BCUT2D eigenvalue weighted by Crippen LogP contribution is 2.35. The second-order valence-electron chi connectivity index (χ2n) is 6.26. The number of nitrogens with zero attached hydrogens (tertiary/aromatic N) is 2. The zero-order chi connectivity index (χ0) is 16.7. The van der Waals surface area contributed by atoms with E-state index in [2.05, 4.69) is 29.4 Å². The predicted octanol–water partition coefficient (Wildman–Crippen LogP) is 3.20. The summed E-state index contributed by atoms with van der Waals surface area (Å²) in [5, 5.41) is 5.13. The van der Waals surface area contributed by atoms with Crippen LogP contribution in [-0.2, 0) is 11.2 Å². The van der Waals surface area contributed by atoms with E-state index in [0.29, 0.717) is 13.0 Å². The Balaban J connectivity index is 1.51. The lowest BCUT2D eigenvalue weighted by atomic mass is 9.95. The number of ether oxygens (including phenoxy) is 1. The van der Waals surface area contributed by atoms with E-state index in [0.717, 1.165) is 34.0 Å². The first-order chi connectivity index (χ1) is 11.6. The summed E-state index contributed by atoms with van der Waals surface area (Å²) in [4.78, 5) is 17.9. The number of carbonyl (C=O) groups is 1. The molecule has 3 heterocycles. The van der Waals surface area contributed by atoms with Gasteiger partial charge in [0.1, 0.15) is 5.75 Å². The van der Waals surface area contributed by atoms with Crippen molar-refractivity contribution in [3.8, 4) is 5.75 Å². The van der Waals surface area contributed by atoms with Crippen molar-refractivity contribution in [3.05, 3.63) is 52.3 Å². The molecule has 5 nitrogen and oxygen atoms in total. The van der Waals surface area contributed by atoms with E-state index in [9.17, 15) is 4.79 Å². The van der Waals surface area contributed by atoms with Crippen LogP contribution in [-0.4, -0.2) is 21.9 Å². The number of hydrogen-bond acceptors (Lipinski definition) is 4. The van der Waals surface area contributed by atoms with Crippen LogP contribution >= 0.6 is 11.3 Å². The van der Waals surface area contributed by atoms with Crippen molar-refractivity contribution >= 4 is 22.2 Å². The Labute approximate surface area is 144 Å². The molecular formula is C18H19N3O2S. The summed E-state index contributed by atoms with van der Waals surface area (Å²) in [7, 11) is 0. The number of benzene rings is 1. The van der Waals surface area contributed by atoms with Crippen LogP contribution < -0.4 is 10.1 Å². The fraction of sp³-hybridized carbons (Fsp3) is 0.333. The van der Waals surface area contributed by atoms with Gasteiger partial charge in [-0.05, 0) is 19.4 Å². The molecule has 1 amide bonds. The molecule has 24 heavy (non-hydrogen) atoms. The molecule has 0 aliphatic carbocycles. The van der Waals surface area contributed by atoms with Crippen molar-refractivity contribution in [1.29, 1.82) is 0 Å². The third kappa shape index (κ3) is 2.78. The number of thiazole rings is 1. The number of carbonyl (C=O) groups excluding carboxylic acids is 1. The Kier molecular flexibility index (Phi) is 3.76. The van der Waals surface area contributed by atoms with E-state index >= 15 is 0 Å². The molecule has 4 rings (SSSR count). The van der Waals surface area contributed by atoms with E-state index in [-0.39, 0.29) is 11.9 Å². The van der Waals surface area contributed by atoms with E-state index in [1.165, 1.54) is 5.56 Å². The maximum atomic E-state index is 12.5. The van der Waals surface area contributed by atoms with Crippen LogP contribution in [0.15, 0.2) is 29.9 Å². The Morgan fingerprint density at radius 1 is 1.46 bits per heavy atom. The minimum Gasteiger partial charge on any atom is -0.493 e. The lowest BCUT2D eigenvalue weighted by Crippen LogP contribution is -2.33. The quantitative estimate of drug-likeness (QED) is 0.796. The standard InChI is InChI=1S/C18H19N3O2S/c1-11-7-12(2)17-14(8-11)15(3-5-23-17)20-16(22)9-13-10-21-4-6-24-18(21)19-13/h4,6-8,10,15H,3,5,9H2,1-2H3,(H,20,22)/t15-/m1/s1. The van der Waals surface area contributed by atoms with Gasteiger partial charge in [-0.1, -0.05) is 17.7 Å². The lowest BCUT2D eigenvalue weighted by Gasteiger charge is -2.28. The van der Waals surface area contributed by atoms with E-state index in [1.54, 1.807) is 11.3 Å². The number of imidazole rings is 1. The average Bonchev–Trinajstić information content (AvgIpc) is 3.09. The lowest BCUT2D eigenvalue weighted by molar-refractivity contribution is -0.121. The average molecular weight is 341 g/mol. The van der Waals surface area contributed by atoms with Gasteiger partial charge in [-0.2, -0.15) is 0 Å². The van der Waals surface area contributed by atoms with Gasteiger partial charge < -0.3 is 10.1 Å². The first-order valence-electron chi connectivity index (χ1n) is 8.04. The van der Waals surface area contributed by atoms with Crippen LogP contribution in [0.2, 0.25) is 0 Å². The van der Waals surface area contributed by atoms with Gasteiger partial charge in [0, 0.05) is 29.8 Å². The molecule has 1 aliphatic heterocycles. The van der Waals surface area contributed by atoms with E-state index in [4.69, 9.17) is 4.74 Å². The first kappa shape index (κ1) is 15.2. The molecule has 0 fully saturated rings. The van der Waals surface area contributed by atoms with Gasteiger partial charge in [-0.25, -0.2) is 4.98 Å². The molecule has 124 valence electrons. The summed E-state index contributed by atoms with van der Waals surface area (Å²) in [5.74, 6) is 0.914. The second-order valence-corrected chi connectivity index (χ2v) is 7.13. The number of aromatic nitrogens is 2. The number of nitrogens with one attached hydrogen (secondary N) is 1. The summed E-state index contributed by atoms with van der Waals surface area (Å²) in [5.41, 5.74) is 4.19. The van der Waals surface area contributed by atoms with Crippen LogP contribution in [0, 0.1) is 13.8 Å². The van der Waals surface area contributed by atoms with Crippen molar-refractivity contribution < 1.29 is 9.53 Å². The molecule has 1 N–H and O–H groups in total. The number of rotatable bonds is 3.